The summed E-state index contributed by atoms with van der Waals surface area (Å²) in [6, 6.07) is 19.4. The maximum Gasteiger partial charge on any atom is 0.309 e. The van der Waals surface area contributed by atoms with E-state index in [-0.39, 0.29) is 30.6 Å². The minimum Gasteiger partial charge on any atom is -0.452 e. The maximum atomic E-state index is 12.5. The zero-order chi connectivity index (χ0) is 17.2. The first-order chi connectivity index (χ1) is 12.2. The summed E-state index contributed by atoms with van der Waals surface area (Å²) in [4.78, 5) is 25.6. The number of ether oxygens (including phenoxy) is 2. The summed E-state index contributed by atoms with van der Waals surface area (Å²) in [6.07, 6.45) is -0.311. The minimum absolute atomic E-state index is 0.0901. The van der Waals surface area contributed by atoms with Gasteiger partial charge in [0.1, 0.15) is 6.23 Å². The standard InChI is InChI=1S/C20H19NO4/c22-17-12-18-21(17)13-16(24-18)11-19(23)25-20(14-7-3-1-4-8-14)15-9-5-2-6-10-15/h1-10,16,18,20H,11-13H2. The zero-order valence-corrected chi connectivity index (χ0v) is 13.7. The Hall–Kier alpha value is -2.66. The van der Waals surface area contributed by atoms with Gasteiger partial charge in [-0.15, -0.1) is 0 Å². The summed E-state index contributed by atoms with van der Waals surface area (Å²) in [7, 11) is 0. The van der Waals surface area contributed by atoms with Crippen LogP contribution in [0.4, 0.5) is 0 Å². The summed E-state index contributed by atoms with van der Waals surface area (Å²) in [5.74, 6) is -0.232. The third-order valence-corrected chi connectivity index (χ3v) is 4.62. The van der Waals surface area contributed by atoms with Crippen LogP contribution in [0.3, 0.4) is 0 Å². The third-order valence-electron chi connectivity index (χ3n) is 4.62. The van der Waals surface area contributed by atoms with E-state index >= 15 is 0 Å². The Morgan fingerprint density at radius 3 is 2.20 bits per heavy atom. The summed E-state index contributed by atoms with van der Waals surface area (Å²) >= 11 is 0. The molecule has 25 heavy (non-hydrogen) atoms. The van der Waals surface area contributed by atoms with E-state index < -0.39 is 6.10 Å². The molecule has 0 saturated carbocycles. The van der Waals surface area contributed by atoms with Crippen molar-refractivity contribution in [1.82, 2.24) is 4.90 Å². The molecule has 4 rings (SSSR count). The number of amides is 1. The van der Waals surface area contributed by atoms with Gasteiger partial charge in [0.25, 0.3) is 0 Å². The van der Waals surface area contributed by atoms with Crippen molar-refractivity contribution in [2.24, 2.45) is 0 Å². The highest BCUT2D eigenvalue weighted by Gasteiger charge is 2.45. The van der Waals surface area contributed by atoms with Crippen molar-refractivity contribution < 1.29 is 19.1 Å². The van der Waals surface area contributed by atoms with Crippen LogP contribution in [-0.4, -0.2) is 35.7 Å². The van der Waals surface area contributed by atoms with Crippen LogP contribution >= 0.6 is 0 Å². The van der Waals surface area contributed by atoms with Gasteiger partial charge in [0.2, 0.25) is 5.91 Å². The predicted molar refractivity (Wildman–Crippen MR) is 90.4 cm³/mol. The molecule has 0 spiro atoms. The first-order valence-corrected chi connectivity index (χ1v) is 8.45. The summed E-state index contributed by atoms with van der Waals surface area (Å²) < 4.78 is 11.5. The average molecular weight is 337 g/mol. The monoisotopic (exact) mass is 337 g/mol. The fourth-order valence-corrected chi connectivity index (χ4v) is 3.31. The number of esters is 1. The average Bonchev–Trinajstić information content (AvgIpc) is 2.97. The molecule has 5 heteroatoms. The number of β-lactam (4-membered cyclic amide) rings is 1. The molecular formula is C20H19NO4. The highest BCUT2D eigenvalue weighted by atomic mass is 16.6. The molecule has 2 aromatic carbocycles. The largest absolute Gasteiger partial charge is 0.452 e. The molecule has 1 amide bonds. The van der Waals surface area contributed by atoms with Crippen LogP contribution in [0.25, 0.3) is 0 Å². The molecule has 0 aliphatic carbocycles. The lowest BCUT2D eigenvalue weighted by Crippen LogP contribution is -2.48. The molecular weight excluding hydrogens is 318 g/mol. The number of rotatable bonds is 5. The van der Waals surface area contributed by atoms with Gasteiger partial charge in [0.15, 0.2) is 6.10 Å². The van der Waals surface area contributed by atoms with Gasteiger partial charge in [-0.1, -0.05) is 60.7 Å². The minimum atomic E-state index is -0.449. The Balaban J connectivity index is 1.45. The van der Waals surface area contributed by atoms with Crippen LogP contribution < -0.4 is 0 Å². The predicted octanol–water partition coefficient (Wildman–Crippen LogP) is 2.67. The summed E-state index contributed by atoms with van der Waals surface area (Å²) in [5.41, 5.74) is 1.85. The molecule has 2 aliphatic heterocycles. The van der Waals surface area contributed by atoms with Crippen LogP contribution in [0.5, 0.6) is 0 Å². The molecule has 2 atom stereocenters. The van der Waals surface area contributed by atoms with E-state index in [2.05, 4.69) is 0 Å². The van der Waals surface area contributed by atoms with Gasteiger partial charge in [-0.05, 0) is 11.1 Å². The maximum absolute atomic E-state index is 12.5. The lowest BCUT2D eigenvalue weighted by atomic mass is 10.0. The zero-order valence-electron chi connectivity index (χ0n) is 13.7. The van der Waals surface area contributed by atoms with Gasteiger partial charge in [0.05, 0.1) is 25.5 Å². The van der Waals surface area contributed by atoms with Gasteiger partial charge in [0, 0.05) is 0 Å². The second-order valence-corrected chi connectivity index (χ2v) is 6.36. The van der Waals surface area contributed by atoms with E-state index in [1.54, 1.807) is 4.90 Å². The number of carbonyl (C=O) groups excluding carboxylic acids is 2. The van der Waals surface area contributed by atoms with Crippen molar-refractivity contribution >= 4 is 11.9 Å². The van der Waals surface area contributed by atoms with Crippen LogP contribution in [0.1, 0.15) is 30.1 Å². The number of benzene rings is 2. The van der Waals surface area contributed by atoms with Gasteiger partial charge in [-0.25, -0.2) is 0 Å². The molecule has 2 aromatic rings. The molecule has 0 N–H and O–H groups in total. The Bertz CT molecular complexity index is 722. The van der Waals surface area contributed by atoms with Gasteiger partial charge < -0.3 is 14.4 Å². The second kappa shape index (κ2) is 6.69. The highest BCUT2D eigenvalue weighted by Crippen LogP contribution is 2.31. The molecule has 0 radical (unpaired) electrons. The van der Waals surface area contributed by atoms with Gasteiger partial charge >= 0.3 is 5.97 Å². The van der Waals surface area contributed by atoms with Crippen molar-refractivity contribution in [3.05, 3.63) is 71.8 Å². The number of hydrogen-bond acceptors (Lipinski definition) is 4. The Kier molecular flexibility index (Phi) is 4.24. The molecule has 0 aromatic heterocycles. The van der Waals surface area contributed by atoms with Crippen LogP contribution in [0.15, 0.2) is 60.7 Å². The van der Waals surface area contributed by atoms with E-state index in [1.165, 1.54) is 0 Å². The molecule has 2 fully saturated rings. The van der Waals surface area contributed by atoms with Crippen molar-refractivity contribution in [3.8, 4) is 0 Å². The number of hydrogen-bond donors (Lipinski definition) is 0. The van der Waals surface area contributed by atoms with E-state index in [1.807, 2.05) is 60.7 Å². The molecule has 5 nitrogen and oxygen atoms in total. The number of fused-ring (bicyclic) bond motifs is 1. The number of carbonyl (C=O) groups is 2. The first-order valence-electron chi connectivity index (χ1n) is 8.45. The first kappa shape index (κ1) is 15.8. The SMILES string of the molecule is O=C(CC1CN2C(=O)CC2O1)OC(c1ccccc1)c1ccccc1. The van der Waals surface area contributed by atoms with Crippen LogP contribution in [0.2, 0.25) is 0 Å². The molecule has 2 unspecified atom stereocenters. The van der Waals surface area contributed by atoms with Crippen molar-refractivity contribution in [2.75, 3.05) is 6.54 Å². The second-order valence-electron chi connectivity index (χ2n) is 6.36. The van der Waals surface area contributed by atoms with E-state index in [0.29, 0.717) is 13.0 Å². The lowest BCUT2D eigenvalue weighted by molar-refractivity contribution is -0.158. The Labute approximate surface area is 146 Å². The Morgan fingerprint density at radius 1 is 1.08 bits per heavy atom. The quantitative estimate of drug-likeness (QED) is 0.622. The molecule has 0 bridgehead atoms. The van der Waals surface area contributed by atoms with Crippen molar-refractivity contribution in [1.29, 1.82) is 0 Å². The van der Waals surface area contributed by atoms with E-state index in [9.17, 15) is 9.59 Å². The fraction of sp³-hybridized carbons (Fsp3) is 0.300. The molecule has 128 valence electrons. The normalized spacial score (nSPS) is 21.8. The lowest BCUT2D eigenvalue weighted by Gasteiger charge is -2.31. The van der Waals surface area contributed by atoms with Gasteiger partial charge in [-0.2, -0.15) is 0 Å². The number of nitrogens with zero attached hydrogens (tertiary/aromatic N) is 1. The molecule has 2 heterocycles. The van der Waals surface area contributed by atoms with E-state index in [0.717, 1.165) is 11.1 Å². The van der Waals surface area contributed by atoms with Crippen molar-refractivity contribution in [3.63, 3.8) is 0 Å². The van der Waals surface area contributed by atoms with Crippen LogP contribution in [0, 0.1) is 0 Å². The van der Waals surface area contributed by atoms with Crippen LogP contribution in [-0.2, 0) is 19.1 Å². The van der Waals surface area contributed by atoms with Crippen molar-refractivity contribution in [2.45, 2.75) is 31.3 Å². The fourth-order valence-electron chi connectivity index (χ4n) is 3.31. The third kappa shape index (κ3) is 3.28. The van der Waals surface area contributed by atoms with Gasteiger partial charge in [-0.3, -0.25) is 9.59 Å². The molecule has 2 aliphatic rings. The molecule has 2 saturated heterocycles. The summed E-state index contributed by atoms with van der Waals surface area (Å²) in [6.45, 7) is 0.472. The highest BCUT2D eigenvalue weighted by molar-refractivity contribution is 5.83. The van der Waals surface area contributed by atoms with E-state index in [4.69, 9.17) is 9.47 Å². The summed E-state index contributed by atoms with van der Waals surface area (Å²) in [5, 5.41) is 0. The smallest absolute Gasteiger partial charge is 0.309 e. The Morgan fingerprint density at radius 2 is 1.68 bits per heavy atom. The topological polar surface area (TPSA) is 55.8 Å².